The van der Waals surface area contributed by atoms with Crippen molar-refractivity contribution in [1.82, 2.24) is 24.6 Å². The molecule has 2 aliphatic rings. The highest BCUT2D eigenvalue weighted by Crippen LogP contribution is 2.40. The molecule has 5 rings (SSSR count). The molecular weight excluding hydrogens is 509 g/mol. The number of aliphatic hydroxyl groups excluding tert-OH is 1. The number of rotatable bonds is 6. The number of aliphatic hydroxyl groups is 1. The van der Waals surface area contributed by atoms with Crippen molar-refractivity contribution < 1.29 is 23.1 Å². The predicted molar refractivity (Wildman–Crippen MR) is 135 cm³/mol. The van der Waals surface area contributed by atoms with Gasteiger partial charge in [-0.25, -0.2) is 9.67 Å². The molecule has 11 heteroatoms. The number of pyridine rings is 2. The molecule has 1 aliphatic carbocycles. The topological polar surface area (TPSA) is 108 Å². The van der Waals surface area contributed by atoms with E-state index in [1.807, 2.05) is 12.1 Å². The summed E-state index contributed by atoms with van der Waals surface area (Å²) in [5.74, 6) is -0.0217. The van der Waals surface area contributed by atoms with Gasteiger partial charge in [0, 0.05) is 37.9 Å². The number of halogens is 3. The molecule has 0 radical (unpaired) electrons. The van der Waals surface area contributed by atoms with Gasteiger partial charge in [0.15, 0.2) is 11.6 Å². The summed E-state index contributed by atoms with van der Waals surface area (Å²) >= 11 is 0. The van der Waals surface area contributed by atoms with Crippen molar-refractivity contribution in [3.8, 4) is 11.9 Å². The van der Waals surface area contributed by atoms with Crippen LogP contribution in [0, 0.1) is 18.3 Å². The molecule has 39 heavy (non-hydrogen) atoms. The van der Waals surface area contributed by atoms with E-state index in [1.165, 1.54) is 16.9 Å². The Labute approximate surface area is 224 Å². The zero-order chi connectivity index (χ0) is 27.8. The molecule has 1 saturated carbocycles. The van der Waals surface area contributed by atoms with Gasteiger partial charge in [-0.05, 0) is 62.8 Å². The van der Waals surface area contributed by atoms with Crippen LogP contribution in [0.4, 0.5) is 13.2 Å². The van der Waals surface area contributed by atoms with E-state index in [4.69, 9.17) is 0 Å². The van der Waals surface area contributed by atoms with Gasteiger partial charge in [0.1, 0.15) is 0 Å². The van der Waals surface area contributed by atoms with Gasteiger partial charge < -0.3 is 5.11 Å². The zero-order valence-electron chi connectivity index (χ0n) is 21.5. The van der Waals surface area contributed by atoms with Gasteiger partial charge in [-0.3, -0.25) is 14.7 Å². The number of hydrogen-bond donors (Lipinski definition) is 1. The van der Waals surface area contributed by atoms with Gasteiger partial charge in [0.25, 0.3) is 0 Å². The maximum absolute atomic E-state index is 13.0. The quantitative estimate of drug-likeness (QED) is 0.469. The molecule has 204 valence electrons. The van der Waals surface area contributed by atoms with E-state index in [1.54, 1.807) is 13.1 Å². The lowest BCUT2D eigenvalue weighted by Crippen LogP contribution is -2.41. The minimum absolute atomic E-state index is 0.0686. The molecule has 3 aromatic heterocycles. The maximum atomic E-state index is 13.0. The molecule has 2 fully saturated rings. The number of ketones is 1. The Balaban J connectivity index is 1.24. The van der Waals surface area contributed by atoms with E-state index >= 15 is 0 Å². The monoisotopic (exact) mass is 538 g/mol. The summed E-state index contributed by atoms with van der Waals surface area (Å²) in [6.45, 7) is 3.26. The fourth-order valence-corrected chi connectivity index (χ4v) is 5.67. The third-order valence-electron chi connectivity index (χ3n) is 8.02. The third kappa shape index (κ3) is 5.44. The largest absolute Gasteiger partial charge is 0.417 e. The molecule has 8 nitrogen and oxygen atoms in total. The van der Waals surface area contributed by atoms with Gasteiger partial charge in [-0.15, -0.1) is 0 Å². The Hall–Kier alpha value is -3.62. The van der Waals surface area contributed by atoms with Crippen LogP contribution >= 0.6 is 0 Å². The Morgan fingerprint density at radius 1 is 1.13 bits per heavy atom. The molecule has 1 aliphatic heterocycles. The molecule has 1 N–H and O–H groups in total. The highest BCUT2D eigenvalue weighted by molar-refractivity contribution is 5.98. The van der Waals surface area contributed by atoms with E-state index in [9.17, 15) is 28.3 Å². The molecule has 1 saturated heterocycles. The van der Waals surface area contributed by atoms with E-state index < -0.39 is 17.2 Å². The molecular formula is C28H29F3N6O2. The van der Waals surface area contributed by atoms with E-state index in [0.29, 0.717) is 47.9 Å². The molecule has 0 spiro atoms. The smallest absolute Gasteiger partial charge is 0.392 e. The highest BCUT2D eigenvalue weighted by atomic mass is 19.4. The number of hydrogen-bond acceptors (Lipinski definition) is 7. The predicted octanol–water partition coefficient (Wildman–Crippen LogP) is 4.19. The Morgan fingerprint density at radius 2 is 1.90 bits per heavy atom. The number of alkyl halides is 3. The van der Waals surface area contributed by atoms with Gasteiger partial charge in [0.05, 0.1) is 46.3 Å². The van der Waals surface area contributed by atoms with Crippen molar-refractivity contribution in [3.05, 3.63) is 70.9 Å². The third-order valence-corrected chi connectivity index (χ3v) is 8.02. The molecule has 1 atom stereocenters. The first-order valence-electron chi connectivity index (χ1n) is 13.0. The van der Waals surface area contributed by atoms with Crippen LogP contribution in [-0.4, -0.2) is 60.8 Å². The number of Topliss-reactive ketones (excluding diaryl/α,β-unsaturated/α-hetero) is 1. The number of nitrogens with zero attached hydrogens (tertiary/aromatic N) is 6. The Morgan fingerprint density at radius 3 is 2.46 bits per heavy atom. The molecule has 3 aromatic rings. The van der Waals surface area contributed by atoms with Crippen molar-refractivity contribution in [2.45, 2.75) is 69.2 Å². The van der Waals surface area contributed by atoms with Gasteiger partial charge >= 0.3 is 6.18 Å². The van der Waals surface area contributed by atoms with Gasteiger partial charge in [-0.1, -0.05) is 6.07 Å². The number of carbonyl (C=O) groups excluding carboxylic acids is 1. The number of β-amino-alcohol motifs (C(OH)–C–C–N with tert-alkyl or cyclic N) is 1. The standard InChI is InChI=1S/C28H29F3N6O2/c1-18-23(15-35-37(18)26-5-3-20(14-34-26)28(29,30)31)24(39)12-19-2-4-25(33-13-19)27(17-32)9-6-21(7-10-27)36-11-8-22(38)16-36/h2-5,13-15,21-22,38H,6-12,16H2,1H3. The summed E-state index contributed by atoms with van der Waals surface area (Å²) in [6, 6.07) is 8.67. The van der Waals surface area contributed by atoms with Crippen molar-refractivity contribution in [2.75, 3.05) is 13.1 Å². The molecule has 0 bridgehead atoms. The van der Waals surface area contributed by atoms with Gasteiger partial charge in [0.2, 0.25) is 0 Å². The fourth-order valence-electron chi connectivity index (χ4n) is 5.67. The molecule has 1 unspecified atom stereocenters. The van der Waals surface area contributed by atoms with Gasteiger partial charge in [-0.2, -0.15) is 23.5 Å². The lowest BCUT2D eigenvalue weighted by molar-refractivity contribution is -0.137. The lowest BCUT2D eigenvalue weighted by Gasteiger charge is -2.38. The molecule has 4 heterocycles. The molecule has 0 amide bonds. The fraction of sp³-hybridized carbons (Fsp3) is 0.464. The number of aromatic nitrogens is 4. The SMILES string of the molecule is Cc1c(C(=O)Cc2ccc(C3(C#N)CCC(N4CCC(O)C4)CC3)nc2)cnn1-c1ccc(C(F)(F)F)cn1. The Bertz CT molecular complexity index is 1370. The summed E-state index contributed by atoms with van der Waals surface area (Å²) in [6.07, 6.45) is 3.02. The van der Waals surface area contributed by atoms with Crippen LogP contribution in [0.3, 0.4) is 0 Å². The van der Waals surface area contributed by atoms with E-state index in [2.05, 4.69) is 26.0 Å². The molecule has 0 aromatic carbocycles. The summed E-state index contributed by atoms with van der Waals surface area (Å²) in [4.78, 5) is 23.8. The van der Waals surface area contributed by atoms with E-state index in [-0.39, 0.29) is 24.1 Å². The number of likely N-dealkylation sites (tertiary alicyclic amines) is 1. The average Bonchev–Trinajstić information content (AvgIpc) is 3.54. The minimum atomic E-state index is -4.49. The summed E-state index contributed by atoms with van der Waals surface area (Å²) in [7, 11) is 0. The minimum Gasteiger partial charge on any atom is -0.392 e. The average molecular weight is 539 g/mol. The second-order valence-electron chi connectivity index (χ2n) is 10.5. The first-order valence-corrected chi connectivity index (χ1v) is 13.0. The van der Waals surface area contributed by atoms with Crippen LogP contribution in [0.2, 0.25) is 0 Å². The summed E-state index contributed by atoms with van der Waals surface area (Å²) < 4.78 is 39.9. The first kappa shape index (κ1) is 27.0. The normalized spacial score (nSPS) is 24.0. The highest BCUT2D eigenvalue weighted by Gasteiger charge is 2.41. The van der Waals surface area contributed by atoms with Crippen LogP contribution < -0.4 is 0 Å². The second-order valence-corrected chi connectivity index (χ2v) is 10.5. The maximum Gasteiger partial charge on any atom is 0.417 e. The second kappa shape index (κ2) is 10.5. The van der Waals surface area contributed by atoms with Crippen molar-refractivity contribution in [3.63, 3.8) is 0 Å². The van der Waals surface area contributed by atoms with Crippen LogP contribution in [0.25, 0.3) is 5.82 Å². The van der Waals surface area contributed by atoms with Crippen molar-refractivity contribution in [2.24, 2.45) is 0 Å². The Kier molecular flexibility index (Phi) is 7.27. The first-order chi connectivity index (χ1) is 18.6. The summed E-state index contributed by atoms with van der Waals surface area (Å²) in [5, 5.41) is 24.1. The summed E-state index contributed by atoms with van der Waals surface area (Å²) in [5.41, 5.74) is 0.696. The lowest BCUT2D eigenvalue weighted by atomic mass is 9.71. The van der Waals surface area contributed by atoms with Crippen LogP contribution in [-0.2, 0) is 18.0 Å². The van der Waals surface area contributed by atoms with Crippen molar-refractivity contribution in [1.29, 1.82) is 5.26 Å². The number of carbonyl (C=O) groups is 1. The number of nitriles is 1. The van der Waals surface area contributed by atoms with Crippen molar-refractivity contribution >= 4 is 5.78 Å². The van der Waals surface area contributed by atoms with Crippen LogP contribution in [0.5, 0.6) is 0 Å². The van der Waals surface area contributed by atoms with Crippen LogP contribution in [0.1, 0.15) is 65.0 Å². The van der Waals surface area contributed by atoms with E-state index in [0.717, 1.165) is 38.1 Å². The zero-order valence-corrected chi connectivity index (χ0v) is 21.5. The van der Waals surface area contributed by atoms with Crippen LogP contribution in [0.15, 0.2) is 42.9 Å².